The van der Waals surface area contributed by atoms with E-state index in [1.165, 1.54) is 4.31 Å². The van der Waals surface area contributed by atoms with Crippen molar-refractivity contribution >= 4 is 10.0 Å². The Balaban J connectivity index is 3.28. The first-order valence-corrected chi connectivity index (χ1v) is 8.97. The smallest absolute Gasteiger partial charge is 0.262 e. The maximum absolute atomic E-state index is 12.9. The van der Waals surface area contributed by atoms with E-state index in [2.05, 4.69) is 11.9 Å². The zero-order valence-corrected chi connectivity index (χ0v) is 14.6. The minimum atomic E-state index is -3.63. The zero-order valence-electron chi connectivity index (χ0n) is 13.8. The Morgan fingerprint density at radius 1 is 1.38 bits per heavy atom. The molecular weight excluding hydrogens is 288 g/mol. The van der Waals surface area contributed by atoms with Gasteiger partial charge in [0, 0.05) is 31.4 Å². The van der Waals surface area contributed by atoms with Gasteiger partial charge in [0.05, 0.1) is 0 Å². The van der Waals surface area contributed by atoms with Crippen molar-refractivity contribution < 1.29 is 8.42 Å². The van der Waals surface area contributed by atoms with Gasteiger partial charge in [0.25, 0.3) is 10.0 Å². The summed E-state index contributed by atoms with van der Waals surface area (Å²) in [5.41, 5.74) is 5.23. The molecule has 122 valence electrons. The summed E-state index contributed by atoms with van der Waals surface area (Å²) in [6.07, 6.45) is 3.22. The number of nitrogens with zero attached hydrogens (tertiary/aromatic N) is 3. The van der Waals surface area contributed by atoms with Gasteiger partial charge in [-0.15, -0.1) is 0 Å². The molecule has 0 aromatic carbocycles. The lowest BCUT2D eigenvalue weighted by Crippen LogP contribution is -2.53. The van der Waals surface area contributed by atoms with E-state index in [4.69, 9.17) is 5.73 Å². The average Bonchev–Trinajstić information content (AvgIpc) is 2.81. The molecule has 0 radical (unpaired) electrons. The van der Waals surface area contributed by atoms with Gasteiger partial charge < -0.3 is 10.3 Å². The highest BCUT2D eigenvalue weighted by atomic mass is 32.2. The Hall–Kier alpha value is -0.920. The van der Waals surface area contributed by atoms with Crippen LogP contribution < -0.4 is 5.73 Å². The van der Waals surface area contributed by atoms with Crippen LogP contribution in [0.2, 0.25) is 0 Å². The van der Waals surface area contributed by atoms with Crippen molar-refractivity contribution in [3.63, 3.8) is 0 Å². The third kappa shape index (κ3) is 3.46. The zero-order chi connectivity index (χ0) is 16.3. The SMILES string of the molecule is CCCn1cc(S(=O)(=O)N(CC)C(C)(CC)CN)nc1C. The minimum Gasteiger partial charge on any atom is -0.334 e. The number of rotatable bonds is 8. The normalized spacial score (nSPS) is 15.4. The molecule has 0 saturated carbocycles. The third-order valence-electron chi connectivity index (χ3n) is 4.06. The van der Waals surface area contributed by atoms with Crippen LogP contribution in [0.4, 0.5) is 0 Å². The molecule has 0 saturated heterocycles. The Morgan fingerprint density at radius 2 is 2.00 bits per heavy atom. The quantitative estimate of drug-likeness (QED) is 0.792. The molecule has 0 aliphatic heterocycles. The van der Waals surface area contributed by atoms with E-state index in [0.717, 1.165) is 18.8 Å². The van der Waals surface area contributed by atoms with Crippen LogP contribution in [0.15, 0.2) is 11.2 Å². The second-order valence-electron chi connectivity index (χ2n) is 5.54. The number of aryl methyl sites for hydroxylation is 2. The van der Waals surface area contributed by atoms with Crippen LogP contribution in [0.3, 0.4) is 0 Å². The fourth-order valence-electron chi connectivity index (χ4n) is 2.45. The highest BCUT2D eigenvalue weighted by Gasteiger charge is 2.38. The number of imidazole rings is 1. The van der Waals surface area contributed by atoms with E-state index in [0.29, 0.717) is 13.0 Å². The van der Waals surface area contributed by atoms with Crippen molar-refractivity contribution in [2.45, 2.75) is 64.6 Å². The molecule has 2 N–H and O–H groups in total. The molecular formula is C14H28N4O2S. The Bertz CT molecular complexity index is 562. The van der Waals surface area contributed by atoms with Crippen LogP contribution >= 0.6 is 0 Å². The molecule has 7 heteroatoms. The number of sulfonamides is 1. The molecule has 6 nitrogen and oxygen atoms in total. The Kier molecular flexibility index (Phi) is 5.95. The summed E-state index contributed by atoms with van der Waals surface area (Å²) >= 11 is 0. The molecule has 0 fully saturated rings. The summed E-state index contributed by atoms with van der Waals surface area (Å²) in [4.78, 5) is 4.24. The summed E-state index contributed by atoms with van der Waals surface area (Å²) in [7, 11) is -3.63. The first-order chi connectivity index (χ1) is 9.76. The number of aromatic nitrogens is 2. The van der Waals surface area contributed by atoms with Gasteiger partial charge in [-0.2, -0.15) is 4.31 Å². The van der Waals surface area contributed by atoms with Crippen molar-refractivity contribution in [3.8, 4) is 0 Å². The topological polar surface area (TPSA) is 81.2 Å². The molecule has 0 aliphatic rings. The van der Waals surface area contributed by atoms with Crippen LogP contribution in [0.5, 0.6) is 0 Å². The number of likely N-dealkylation sites (N-methyl/N-ethyl adjacent to an activating group) is 1. The molecule has 1 aromatic heterocycles. The first-order valence-electron chi connectivity index (χ1n) is 7.53. The third-order valence-corrected chi connectivity index (χ3v) is 6.07. The highest BCUT2D eigenvalue weighted by Crippen LogP contribution is 2.26. The Labute approximate surface area is 128 Å². The van der Waals surface area contributed by atoms with Crippen LogP contribution in [0.1, 0.15) is 46.4 Å². The van der Waals surface area contributed by atoms with E-state index >= 15 is 0 Å². The van der Waals surface area contributed by atoms with E-state index in [1.54, 1.807) is 6.20 Å². The second kappa shape index (κ2) is 6.89. The van der Waals surface area contributed by atoms with Crippen molar-refractivity contribution in [3.05, 3.63) is 12.0 Å². The molecule has 0 aliphatic carbocycles. The maximum Gasteiger partial charge on any atom is 0.262 e. The molecule has 1 heterocycles. The Morgan fingerprint density at radius 3 is 2.43 bits per heavy atom. The van der Waals surface area contributed by atoms with Crippen LogP contribution in [0, 0.1) is 6.92 Å². The average molecular weight is 316 g/mol. The molecule has 1 atom stereocenters. The van der Waals surface area contributed by atoms with E-state index < -0.39 is 15.6 Å². The lowest BCUT2D eigenvalue weighted by atomic mass is 9.99. The van der Waals surface area contributed by atoms with Crippen molar-refractivity contribution in [2.24, 2.45) is 5.73 Å². The molecule has 1 rings (SSSR count). The monoisotopic (exact) mass is 316 g/mol. The summed E-state index contributed by atoms with van der Waals surface area (Å²) in [6.45, 7) is 11.0. The summed E-state index contributed by atoms with van der Waals surface area (Å²) in [5, 5.41) is 0.114. The predicted molar refractivity (Wildman–Crippen MR) is 84.6 cm³/mol. The van der Waals surface area contributed by atoms with Gasteiger partial charge in [-0.05, 0) is 26.7 Å². The van der Waals surface area contributed by atoms with E-state index in [9.17, 15) is 8.42 Å². The van der Waals surface area contributed by atoms with Crippen molar-refractivity contribution in [1.82, 2.24) is 13.9 Å². The lowest BCUT2D eigenvalue weighted by Gasteiger charge is -2.37. The number of hydrogen-bond acceptors (Lipinski definition) is 4. The van der Waals surface area contributed by atoms with Crippen molar-refractivity contribution in [1.29, 1.82) is 0 Å². The van der Waals surface area contributed by atoms with Gasteiger partial charge in [0.2, 0.25) is 0 Å². The van der Waals surface area contributed by atoms with E-state index in [1.807, 2.05) is 32.3 Å². The first kappa shape index (κ1) is 18.1. The van der Waals surface area contributed by atoms with Gasteiger partial charge in [-0.1, -0.05) is 20.8 Å². The number of hydrogen-bond donors (Lipinski definition) is 1. The minimum absolute atomic E-state index is 0.114. The molecule has 0 bridgehead atoms. The van der Waals surface area contributed by atoms with Gasteiger partial charge in [-0.3, -0.25) is 0 Å². The fraction of sp³-hybridized carbons (Fsp3) is 0.786. The highest BCUT2D eigenvalue weighted by molar-refractivity contribution is 7.89. The van der Waals surface area contributed by atoms with Crippen LogP contribution in [-0.2, 0) is 16.6 Å². The molecule has 21 heavy (non-hydrogen) atoms. The predicted octanol–water partition coefficient (Wildman–Crippen LogP) is 1.74. The maximum atomic E-state index is 12.9. The molecule has 1 aromatic rings. The van der Waals surface area contributed by atoms with Gasteiger partial charge >= 0.3 is 0 Å². The summed E-state index contributed by atoms with van der Waals surface area (Å²) < 4.78 is 29.1. The van der Waals surface area contributed by atoms with Gasteiger partial charge in [-0.25, -0.2) is 13.4 Å². The van der Waals surface area contributed by atoms with E-state index in [-0.39, 0.29) is 11.6 Å². The van der Waals surface area contributed by atoms with Crippen molar-refractivity contribution in [2.75, 3.05) is 13.1 Å². The summed E-state index contributed by atoms with van der Waals surface area (Å²) in [6, 6.07) is 0. The second-order valence-corrected chi connectivity index (χ2v) is 7.35. The van der Waals surface area contributed by atoms with Crippen LogP contribution in [0.25, 0.3) is 0 Å². The standard InChI is InChI=1S/C14H28N4O2S/c1-6-9-17-10-13(16-12(17)4)21(19,20)18(8-3)14(5,7-2)11-15/h10H,6-9,11,15H2,1-5H3. The van der Waals surface area contributed by atoms with Gasteiger partial charge in [0.1, 0.15) is 5.82 Å². The number of nitrogens with two attached hydrogens (primary N) is 1. The largest absolute Gasteiger partial charge is 0.334 e. The van der Waals surface area contributed by atoms with Crippen LogP contribution in [-0.4, -0.2) is 40.9 Å². The lowest BCUT2D eigenvalue weighted by molar-refractivity contribution is 0.213. The molecule has 1 unspecified atom stereocenters. The molecule has 0 amide bonds. The molecule has 0 spiro atoms. The fourth-order valence-corrected chi connectivity index (χ4v) is 4.31. The van der Waals surface area contributed by atoms with Gasteiger partial charge in [0.15, 0.2) is 5.03 Å². The summed E-state index contributed by atoms with van der Waals surface area (Å²) in [5.74, 6) is 0.720.